The van der Waals surface area contributed by atoms with Gasteiger partial charge in [0.05, 0.1) is 16.7 Å². The second-order valence-corrected chi connectivity index (χ2v) is 6.81. The summed E-state index contributed by atoms with van der Waals surface area (Å²) < 4.78 is 8.01. The number of fused-ring (bicyclic) bond motifs is 1. The number of aryl methyl sites for hydroxylation is 3. The van der Waals surface area contributed by atoms with Crippen molar-refractivity contribution in [2.75, 3.05) is 5.32 Å². The Bertz CT molecular complexity index is 1180. The first-order valence-electron chi connectivity index (χ1n) is 9.10. The number of anilines is 2. The Balaban J connectivity index is 1.64. The number of nitrogens with zero attached hydrogens (tertiary/aromatic N) is 3. The number of benzene rings is 2. The van der Waals surface area contributed by atoms with E-state index in [1.807, 2.05) is 41.9 Å². The minimum Gasteiger partial charge on any atom is -0.457 e. The van der Waals surface area contributed by atoms with Crippen LogP contribution >= 0.6 is 0 Å². The fourth-order valence-corrected chi connectivity index (χ4v) is 3.17. The van der Waals surface area contributed by atoms with Crippen molar-refractivity contribution in [2.24, 2.45) is 7.05 Å². The molecule has 0 aliphatic heterocycles. The van der Waals surface area contributed by atoms with Crippen molar-refractivity contribution in [3.63, 3.8) is 0 Å². The highest BCUT2D eigenvalue weighted by Gasteiger charge is 2.11. The normalized spacial score (nSPS) is 10.8. The minimum absolute atomic E-state index is 0.716. The molecule has 140 valence electrons. The third-order valence-corrected chi connectivity index (χ3v) is 4.68. The molecular formula is C23H22N4O. The SMILES string of the molecule is C=Cc1cc(Oc2ccc3c(c2)nc(Nc2ccc(C)cc2C)n3C)ccn1. The van der Waals surface area contributed by atoms with E-state index in [1.165, 1.54) is 11.1 Å². The lowest BCUT2D eigenvalue weighted by Gasteiger charge is -2.09. The quantitative estimate of drug-likeness (QED) is 0.485. The van der Waals surface area contributed by atoms with Crippen LogP contribution in [0.5, 0.6) is 11.5 Å². The average molecular weight is 370 g/mol. The van der Waals surface area contributed by atoms with Crippen molar-refractivity contribution < 1.29 is 4.74 Å². The molecule has 0 saturated heterocycles. The first-order chi connectivity index (χ1) is 13.5. The van der Waals surface area contributed by atoms with Crippen molar-refractivity contribution in [3.05, 3.63) is 78.1 Å². The molecule has 5 heteroatoms. The van der Waals surface area contributed by atoms with Crippen LogP contribution in [0, 0.1) is 13.8 Å². The van der Waals surface area contributed by atoms with Gasteiger partial charge in [0.25, 0.3) is 0 Å². The van der Waals surface area contributed by atoms with E-state index in [0.29, 0.717) is 5.75 Å². The molecule has 4 aromatic rings. The highest BCUT2D eigenvalue weighted by atomic mass is 16.5. The molecule has 28 heavy (non-hydrogen) atoms. The maximum atomic E-state index is 5.97. The summed E-state index contributed by atoms with van der Waals surface area (Å²) >= 11 is 0. The molecule has 0 bridgehead atoms. The molecule has 0 aliphatic rings. The summed E-state index contributed by atoms with van der Waals surface area (Å²) in [4.78, 5) is 8.95. The summed E-state index contributed by atoms with van der Waals surface area (Å²) in [6.07, 6.45) is 3.40. The third kappa shape index (κ3) is 3.47. The number of aromatic nitrogens is 3. The summed E-state index contributed by atoms with van der Waals surface area (Å²) in [6.45, 7) is 7.92. The number of rotatable bonds is 5. The molecule has 0 saturated carbocycles. The van der Waals surface area contributed by atoms with Crippen LogP contribution in [-0.2, 0) is 7.05 Å². The van der Waals surface area contributed by atoms with Gasteiger partial charge in [-0.2, -0.15) is 0 Å². The summed E-state index contributed by atoms with van der Waals surface area (Å²) in [7, 11) is 2.00. The van der Waals surface area contributed by atoms with Gasteiger partial charge >= 0.3 is 0 Å². The molecule has 0 radical (unpaired) electrons. The first kappa shape index (κ1) is 17.8. The number of pyridine rings is 1. The van der Waals surface area contributed by atoms with E-state index in [-0.39, 0.29) is 0 Å². The van der Waals surface area contributed by atoms with Gasteiger partial charge in [-0.1, -0.05) is 24.3 Å². The van der Waals surface area contributed by atoms with Crippen LogP contribution in [0.3, 0.4) is 0 Å². The zero-order valence-corrected chi connectivity index (χ0v) is 16.2. The Morgan fingerprint density at radius 1 is 1.04 bits per heavy atom. The van der Waals surface area contributed by atoms with Gasteiger partial charge in [0.1, 0.15) is 11.5 Å². The van der Waals surface area contributed by atoms with Gasteiger partial charge < -0.3 is 14.6 Å². The molecule has 1 N–H and O–H groups in total. The van der Waals surface area contributed by atoms with Gasteiger partial charge in [-0.05, 0) is 49.8 Å². The number of hydrogen-bond donors (Lipinski definition) is 1. The maximum absolute atomic E-state index is 5.97. The van der Waals surface area contributed by atoms with Gasteiger partial charge in [-0.3, -0.25) is 4.98 Å². The van der Waals surface area contributed by atoms with Crippen LogP contribution in [0.15, 0.2) is 61.3 Å². The van der Waals surface area contributed by atoms with Crippen LogP contribution in [0.2, 0.25) is 0 Å². The number of nitrogens with one attached hydrogen (secondary N) is 1. The molecule has 0 fully saturated rings. The van der Waals surface area contributed by atoms with E-state index in [2.05, 4.69) is 48.9 Å². The van der Waals surface area contributed by atoms with E-state index in [1.54, 1.807) is 12.3 Å². The Labute approximate surface area is 164 Å². The predicted octanol–water partition coefficient (Wildman–Crippen LogP) is 5.76. The monoisotopic (exact) mass is 370 g/mol. The van der Waals surface area contributed by atoms with Gasteiger partial charge in [-0.15, -0.1) is 0 Å². The fraction of sp³-hybridized carbons (Fsp3) is 0.130. The molecule has 0 spiro atoms. The van der Waals surface area contributed by atoms with E-state index in [9.17, 15) is 0 Å². The summed E-state index contributed by atoms with van der Waals surface area (Å²) in [6, 6.07) is 15.9. The van der Waals surface area contributed by atoms with Crippen molar-refractivity contribution in [1.29, 1.82) is 0 Å². The molecular weight excluding hydrogens is 348 g/mol. The molecule has 0 aliphatic carbocycles. The van der Waals surface area contributed by atoms with Crippen molar-refractivity contribution in [2.45, 2.75) is 13.8 Å². The molecule has 2 heterocycles. The number of ether oxygens (including phenoxy) is 1. The standard InChI is InChI=1S/C23H22N4O/c1-5-17-13-19(10-11-24-17)28-18-7-9-22-21(14-18)26-23(27(22)4)25-20-8-6-15(2)12-16(20)3/h5-14H,1H2,2-4H3,(H,25,26). The summed E-state index contributed by atoms with van der Waals surface area (Å²) in [5.41, 5.74) is 6.15. The zero-order chi connectivity index (χ0) is 19.7. The van der Waals surface area contributed by atoms with E-state index >= 15 is 0 Å². The zero-order valence-electron chi connectivity index (χ0n) is 16.2. The van der Waals surface area contributed by atoms with E-state index in [0.717, 1.165) is 34.1 Å². The lowest BCUT2D eigenvalue weighted by Crippen LogP contribution is -2.00. The van der Waals surface area contributed by atoms with Gasteiger partial charge in [0.15, 0.2) is 0 Å². The smallest absolute Gasteiger partial charge is 0.208 e. The number of imidazole rings is 1. The molecule has 5 nitrogen and oxygen atoms in total. The minimum atomic E-state index is 0.716. The second kappa shape index (κ2) is 7.19. The van der Waals surface area contributed by atoms with Crippen LogP contribution in [0.25, 0.3) is 17.1 Å². The molecule has 4 rings (SSSR count). The van der Waals surface area contributed by atoms with Crippen LogP contribution in [0.1, 0.15) is 16.8 Å². The molecule has 2 aromatic carbocycles. The molecule has 0 unspecified atom stereocenters. The highest BCUT2D eigenvalue weighted by molar-refractivity contribution is 5.81. The van der Waals surface area contributed by atoms with Gasteiger partial charge in [-0.25, -0.2) is 4.98 Å². The maximum Gasteiger partial charge on any atom is 0.208 e. The van der Waals surface area contributed by atoms with Gasteiger partial charge in [0, 0.05) is 31.1 Å². The van der Waals surface area contributed by atoms with E-state index < -0.39 is 0 Å². The van der Waals surface area contributed by atoms with Crippen LogP contribution in [-0.4, -0.2) is 14.5 Å². The largest absolute Gasteiger partial charge is 0.457 e. The lowest BCUT2D eigenvalue weighted by molar-refractivity contribution is 0.482. The average Bonchev–Trinajstić information content (AvgIpc) is 2.99. The molecule has 0 atom stereocenters. The van der Waals surface area contributed by atoms with E-state index in [4.69, 9.17) is 9.72 Å². The summed E-state index contributed by atoms with van der Waals surface area (Å²) in [5, 5.41) is 3.43. The van der Waals surface area contributed by atoms with Crippen molar-refractivity contribution in [3.8, 4) is 11.5 Å². The Kier molecular flexibility index (Phi) is 4.57. The van der Waals surface area contributed by atoms with Crippen LogP contribution in [0.4, 0.5) is 11.6 Å². The summed E-state index contributed by atoms with van der Waals surface area (Å²) in [5.74, 6) is 2.23. The Hall–Kier alpha value is -3.60. The predicted molar refractivity (Wildman–Crippen MR) is 114 cm³/mol. The number of hydrogen-bond acceptors (Lipinski definition) is 4. The first-order valence-corrected chi connectivity index (χ1v) is 9.10. The Morgan fingerprint density at radius 2 is 1.86 bits per heavy atom. The topological polar surface area (TPSA) is 52.0 Å². The van der Waals surface area contributed by atoms with Crippen molar-refractivity contribution in [1.82, 2.24) is 14.5 Å². The fourth-order valence-electron chi connectivity index (χ4n) is 3.17. The van der Waals surface area contributed by atoms with Crippen LogP contribution < -0.4 is 10.1 Å². The molecule has 2 aromatic heterocycles. The lowest BCUT2D eigenvalue weighted by atomic mass is 10.1. The highest BCUT2D eigenvalue weighted by Crippen LogP contribution is 2.29. The van der Waals surface area contributed by atoms with Crippen molar-refractivity contribution >= 4 is 28.7 Å². The third-order valence-electron chi connectivity index (χ3n) is 4.68. The molecule has 0 amide bonds. The Morgan fingerprint density at radius 3 is 2.64 bits per heavy atom. The second-order valence-electron chi connectivity index (χ2n) is 6.81. The van der Waals surface area contributed by atoms with Gasteiger partial charge in [0.2, 0.25) is 5.95 Å².